The highest BCUT2D eigenvalue weighted by molar-refractivity contribution is 7.92. The number of halogens is 5. The summed E-state index contributed by atoms with van der Waals surface area (Å²) in [6.45, 7) is -0.385. The first-order chi connectivity index (χ1) is 22.0. The van der Waals surface area contributed by atoms with Gasteiger partial charge in [-0.2, -0.15) is 13.5 Å². The lowest BCUT2D eigenvalue weighted by molar-refractivity contribution is -0.144. The Morgan fingerprint density at radius 2 is 1.66 bits per heavy atom. The summed E-state index contributed by atoms with van der Waals surface area (Å²) < 4.78 is 62.2. The highest BCUT2D eigenvalue weighted by atomic mass is 35.5. The Balaban J connectivity index is 0.000000213. The minimum atomic E-state index is -3.65. The first-order valence-corrected chi connectivity index (χ1v) is 16.1. The Labute approximate surface area is 280 Å². The van der Waals surface area contributed by atoms with E-state index in [4.69, 9.17) is 49.4 Å². The number of ether oxygens (including phenoxy) is 2. The molecule has 5 aromatic rings. The average molecular weight is 732 g/mol. The molecule has 1 unspecified atom stereocenters. The lowest BCUT2D eigenvalue weighted by Crippen LogP contribution is -2.25. The van der Waals surface area contributed by atoms with Crippen LogP contribution in [0.25, 0.3) is 16.7 Å². The number of carboxylic acids is 1. The molecule has 2 N–H and O–H groups in total. The summed E-state index contributed by atoms with van der Waals surface area (Å²) >= 11 is 17.8. The summed E-state index contributed by atoms with van der Waals surface area (Å²) in [7, 11) is -3.65. The number of aliphatic carboxylic acids is 1. The SMILES string of the molecule is CC(Oc1ccc(Oc2cnc3cc(Cl)ccc3n2)cc1)C(=O)O.Cc1nn(-c2cc(NS(C)(=O)=O)c(Cl)cc2Cl)c(=O)n1C(F)F. The van der Waals surface area contributed by atoms with Crippen molar-refractivity contribution >= 4 is 67.5 Å². The van der Waals surface area contributed by atoms with Gasteiger partial charge in [0.1, 0.15) is 17.3 Å². The van der Waals surface area contributed by atoms with Crippen LogP contribution in [-0.2, 0) is 14.8 Å². The smallest absolute Gasteiger partial charge is 0.355 e. The van der Waals surface area contributed by atoms with Crippen LogP contribution >= 0.6 is 34.8 Å². The summed E-state index contributed by atoms with van der Waals surface area (Å²) in [6.07, 6.45) is 1.49. The molecule has 0 spiro atoms. The molecule has 0 fully saturated rings. The second-order valence-corrected chi connectivity index (χ2v) is 12.6. The van der Waals surface area contributed by atoms with Crippen molar-refractivity contribution in [3.63, 3.8) is 0 Å². The van der Waals surface area contributed by atoms with E-state index in [1.807, 2.05) is 0 Å². The first kappa shape index (κ1) is 35.3. The molecular formula is C28H23Cl3F2N6O7S. The van der Waals surface area contributed by atoms with Crippen molar-refractivity contribution in [2.24, 2.45) is 0 Å². The van der Waals surface area contributed by atoms with Crippen molar-refractivity contribution in [2.45, 2.75) is 26.5 Å². The van der Waals surface area contributed by atoms with Gasteiger partial charge in [-0.05, 0) is 68.4 Å². The van der Waals surface area contributed by atoms with Crippen LogP contribution in [0.3, 0.4) is 0 Å². The van der Waals surface area contributed by atoms with Gasteiger partial charge in [-0.3, -0.25) is 4.72 Å². The third-order valence-corrected chi connectivity index (χ3v) is 7.37. The molecule has 2 heterocycles. The Kier molecular flexibility index (Phi) is 10.9. The molecule has 0 amide bonds. The van der Waals surface area contributed by atoms with E-state index < -0.39 is 34.3 Å². The molecular weight excluding hydrogens is 709 g/mol. The van der Waals surface area contributed by atoms with Gasteiger partial charge in [0.25, 0.3) is 0 Å². The van der Waals surface area contributed by atoms with Gasteiger partial charge >= 0.3 is 18.2 Å². The Hall–Kier alpha value is -4.51. The predicted molar refractivity (Wildman–Crippen MR) is 171 cm³/mol. The highest BCUT2D eigenvalue weighted by Crippen LogP contribution is 2.31. The fourth-order valence-corrected chi connectivity index (χ4v) is 5.11. The fourth-order valence-electron chi connectivity index (χ4n) is 3.81. The number of hydrogen-bond donors (Lipinski definition) is 2. The number of benzene rings is 3. The molecule has 0 saturated carbocycles. The van der Waals surface area contributed by atoms with Gasteiger partial charge in [0.2, 0.25) is 15.9 Å². The molecule has 19 heteroatoms. The average Bonchev–Trinajstić information content (AvgIpc) is 3.28. The first-order valence-electron chi connectivity index (χ1n) is 13.1. The summed E-state index contributed by atoms with van der Waals surface area (Å²) in [4.78, 5) is 31.4. The van der Waals surface area contributed by atoms with Gasteiger partial charge < -0.3 is 14.6 Å². The van der Waals surface area contributed by atoms with Crippen molar-refractivity contribution in [1.29, 1.82) is 0 Å². The van der Waals surface area contributed by atoms with Crippen LogP contribution in [0.2, 0.25) is 15.1 Å². The van der Waals surface area contributed by atoms with E-state index >= 15 is 0 Å². The topological polar surface area (TPSA) is 168 Å². The second-order valence-electron chi connectivity index (χ2n) is 9.56. The van der Waals surface area contributed by atoms with Crippen LogP contribution in [0.4, 0.5) is 14.5 Å². The highest BCUT2D eigenvalue weighted by Gasteiger charge is 2.21. The number of carbonyl (C=O) groups is 1. The minimum absolute atomic E-state index is 0.0257. The number of alkyl halides is 2. The maximum Gasteiger partial charge on any atom is 0.355 e. The second kappa shape index (κ2) is 14.5. The maximum absolute atomic E-state index is 12.8. The zero-order valence-corrected chi connectivity index (χ0v) is 27.4. The van der Waals surface area contributed by atoms with E-state index in [0.29, 0.717) is 38.1 Å². The van der Waals surface area contributed by atoms with E-state index in [9.17, 15) is 26.8 Å². The monoisotopic (exact) mass is 730 g/mol. The number of fused-ring (bicyclic) bond motifs is 1. The standard InChI is InChI=1S/C17H13ClN2O4.C11H10Cl2F2N4O3S/c1-10(17(21)22)23-12-3-5-13(6-4-12)24-16-9-19-15-8-11(18)2-7-14(15)20-16;1-5-16-19(11(20)18(5)10(14)15)9-4-8(17-23(2,21)22)6(12)3-7(9)13/h2-10H,1H3,(H,21,22);3-4,10,17H,1-2H3. The van der Waals surface area contributed by atoms with E-state index in [2.05, 4.69) is 19.8 Å². The quantitative estimate of drug-likeness (QED) is 0.175. The van der Waals surface area contributed by atoms with Gasteiger partial charge in [0.15, 0.2) is 6.10 Å². The Bertz CT molecular complexity index is 2110. The Morgan fingerprint density at radius 3 is 2.26 bits per heavy atom. The molecule has 0 bridgehead atoms. The van der Waals surface area contributed by atoms with Crippen molar-refractivity contribution in [2.75, 3.05) is 11.0 Å². The largest absolute Gasteiger partial charge is 0.479 e. The molecule has 0 radical (unpaired) electrons. The summed E-state index contributed by atoms with van der Waals surface area (Å²) in [5.41, 5.74) is 0.0832. The number of carboxylic acid groups (broad SMARTS) is 1. The number of nitrogens with one attached hydrogen (secondary N) is 1. The fraction of sp³-hybridized carbons (Fsp3) is 0.179. The molecule has 0 aliphatic heterocycles. The van der Waals surface area contributed by atoms with Crippen LogP contribution in [0, 0.1) is 6.92 Å². The number of aryl methyl sites for hydroxylation is 1. The number of sulfonamides is 1. The molecule has 0 aliphatic rings. The zero-order chi connectivity index (χ0) is 34.6. The number of aromatic nitrogens is 5. The van der Waals surface area contributed by atoms with E-state index in [0.717, 1.165) is 12.3 Å². The van der Waals surface area contributed by atoms with Gasteiger partial charge in [-0.1, -0.05) is 34.8 Å². The number of anilines is 1. The molecule has 248 valence electrons. The normalized spacial score (nSPS) is 11.9. The van der Waals surface area contributed by atoms with Crippen LogP contribution in [0.5, 0.6) is 17.4 Å². The minimum Gasteiger partial charge on any atom is -0.479 e. The molecule has 3 aromatic carbocycles. The van der Waals surface area contributed by atoms with Crippen molar-refractivity contribution in [3.8, 4) is 23.1 Å². The Morgan fingerprint density at radius 1 is 1.00 bits per heavy atom. The summed E-state index contributed by atoms with van der Waals surface area (Å²) in [6, 6.07) is 14.1. The van der Waals surface area contributed by atoms with Gasteiger partial charge in [0.05, 0.1) is 44.9 Å². The van der Waals surface area contributed by atoms with Crippen LogP contribution < -0.4 is 19.9 Å². The van der Waals surface area contributed by atoms with Crippen LogP contribution in [0.1, 0.15) is 19.3 Å². The molecule has 13 nitrogen and oxygen atoms in total. The van der Waals surface area contributed by atoms with E-state index in [1.165, 1.54) is 26.1 Å². The lowest BCUT2D eigenvalue weighted by Gasteiger charge is -2.11. The third kappa shape index (κ3) is 9.06. The lowest BCUT2D eigenvalue weighted by atomic mass is 10.3. The third-order valence-electron chi connectivity index (χ3n) is 5.92. The summed E-state index contributed by atoms with van der Waals surface area (Å²) in [5, 5.41) is 13.0. The van der Waals surface area contributed by atoms with E-state index in [-0.39, 0.29) is 31.8 Å². The van der Waals surface area contributed by atoms with Crippen LogP contribution in [0.15, 0.2) is 65.6 Å². The van der Waals surface area contributed by atoms with Gasteiger partial charge in [0, 0.05) is 5.02 Å². The number of rotatable bonds is 9. The predicted octanol–water partition coefficient (Wildman–Crippen LogP) is 6.34. The van der Waals surface area contributed by atoms with Crippen molar-refractivity contribution in [3.05, 3.63) is 92.2 Å². The molecule has 0 saturated heterocycles. The molecule has 2 aromatic heterocycles. The van der Waals surface area contributed by atoms with Crippen molar-refractivity contribution < 1.29 is 36.6 Å². The number of nitrogens with zero attached hydrogens (tertiary/aromatic N) is 5. The summed E-state index contributed by atoms with van der Waals surface area (Å²) in [5.74, 6) is 0.0670. The molecule has 1 atom stereocenters. The van der Waals surface area contributed by atoms with E-state index in [1.54, 1.807) is 42.5 Å². The molecule has 5 rings (SSSR count). The number of hydrogen-bond acceptors (Lipinski definition) is 9. The molecule has 0 aliphatic carbocycles. The maximum atomic E-state index is 12.8. The van der Waals surface area contributed by atoms with Crippen LogP contribution in [-0.4, -0.2) is 56.2 Å². The zero-order valence-electron chi connectivity index (χ0n) is 24.4. The van der Waals surface area contributed by atoms with Crippen molar-refractivity contribution in [1.82, 2.24) is 24.3 Å². The van der Waals surface area contributed by atoms with Gasteiger partial charge in [-0.15, -0.1) is 5.10 Å². The van der Waals surface area contributed by atoms with Gasteiger partial charge in [-0.25, -0.2) is 32.5 Å². The molecule has 47 heavy (non-hydrogen) atoms.